The van der Waals surface area contributed by atoms with Crippen LogP contribution in [-0.4, -0.2) is 46.5 Å². The van der Waals surface area contributed by atoms with Gasteiger partial charge in [-0.15, -0.1) is 0 Å². The minimum absolute atomic E-state index is 0.0794. The van der Waals surface area contributed by atoms with Crippen molar-refractivity contribution in [3.05, 3.63) is 64.8 Å². The van der Waals surface area contributed by atoms with Crippen LogP contribution in [0.2, 0.25) is 5.02 Å². The number of hydrogen-bond donors (Lipinski definition) is 1. The van der Waals surface area contributed by atoms with E-state index in [1.807, 2.05) is 60.0 Å². The topological polar surface area (TPSA) is 63.6 Å². The predicted molar refractivity (Wildman–Crippen MR) is 138 cm³/mol. The Morgan fingerprint density at radius 3 is 2.57 bits per heavy atom. The Kier molecular flexibility index (Phi) is 6.49. The van der Waals surface area contributed by atoms with Gasteiger partial charge in [0.15, 0.2) is 0 Å². The molecule has 1 aromatic heterocycles. The Morgan fingerprint density at radius 1 is 1.11 bits per heavy atom. The van der Waals surface area contributed by atoms with Crippen molar-refractivity contribution in [1.82, 2.24) is 14.8 Å². The molecule has 2 aliphatic rings. The Labute approximate surface area is 211 Å². The van der Waals surface area contributed by atoms with Gasteiger partial charge in [-0.3, -0.25) is 9.59 Å². The molecule has 1 aliphatic carbocycles. The molecule has 1 atom stereocenters. The van der Waals surface area contributed by atoms with Crippen LogP contribution in [0.15, 0.2) is 48.5 Å². The zero-order valence-corrected chi connectivity index (χ0v) is 21.1. The van der Waals surface area contributed by atoms with E-state index in [1.54, 1.807) is 12.0 Å². The lowest BCUT2D eigenvalue weighted by Gasteiger charge is -2.45. The van der Waals surface area contributed by atoms with Gasteiger partial charge in [-0.25, -0.2) is 0 Å². The average molecular weight is 494 g/mol. The van der Waals surface area contributed by atoms with Gasteiger partial charge in [0.1, 0.15) is 17.0 Å². The van der Waals surface area contributed by atoms with Gasteiger partial charge in [-0.1, -0.05) is 43.0 Å². The Morgan fingerprint density at radius 2 is 1.86 bits per heavy atom. The van der Waals surface area contributed by atoms with Gasteiger partial charge in [-0.2, -0.15) is 0 Å². The molecule has 2 amide bonds. The number of fused-ring (bicyclic) bond motifs is 3. The molecule has 184 valence electrons. The number of nitrogens with one attached hydrogen (secondary N) is 1. The average Bonchev–Trinajstić information content (AvgIpc) is 3.23. The maximum Gasteiger partial charge on any atom is 0.271 e. The number of carbonyl (C=O) groups is 2. The fourth-order valence-electron chi connectivity index (χ4n) is 5.49. The first-order valence-electron chi connectivity index (χ1n) is 12.4. The van der Waals surface area contributed by atoms with Crippen molar-refractivity contribution in [2.45, 2.75) is 63.6 Å². The molecule has 1 fully saturated rings. The van der Waals surface area contributed by atoms with Crippen LogP contribution in [0.5, 0.6) is 5.75 Å². The van der Waals surface area contributed by atoms with E-state index in [0.717, 1.165) is 47.9 Å². The van der Waals surface area contributed by atoms with Crippen LogP contribution in [0.4, 0.5) is 0 Å². The van der Waals surface area contributed by atoms with Crippen molar-refractivity contribution in [3.63, 3.8) is 0 Å². The van der Waals surface area contributed by atoms with Crippen molar-refractivity contribution < 1.29 is 14.3 Å². The monoisotopic (exact) mass is 493 g/mol. The van der Waals surface area contributed by atoms with Crippen LogP contribution >= 0.6 is 11.6 Å². The number of benzene rings is 2. The lowest BCUT2D eigenvalue weighted by Crippen LogP contribution is -2.65. The van der Waals surface area contributed by atoms with Crippen LogP contribution in [0.1, 0.15) is 55.1 Å². The smallest absolute Gasteiger partial charge is 0.271 e. The molecule has 2 aromatic carbocycles. The number of ether oxygens (including phenoxy) is 1. The predicted octanol–water partition coefficient (Wildman–Crippen LogP) is 5.21. The highest BCUT2D eigenvalue weighted by atomic mass is 35.5. The molecule has 2 heterocycles. The number of amides is 2. The van der Waals surface area contributed by atoms with Gasteiger partial charge >= 0.3 is 0 Å². The number of carbonyl (C=O) groups excluding carboxylic acids is 2. The van der Waals surface area contributed by atoms with Crippen molar-refractivity contribution in [1.29, 1.82) is 0 Å². The molecule has 7 heteroatoms. The molecule has 0 radical (unpaired) electrons. The number of methoxy groups -OCH3 is 1. The molecule has 0 saturated heterocycles. The number of hydrogen-bond acceptors (Lipinski definition) is 3. The number of aromatic nitrogens is 1. The number of halogens is 1. The number of rotatable bonds is 6. The summed E-state index contributed by atoms with van der Waals surface area (Å²) in [5.41, 5.74) is 1.57. The highest BCUT2D eigenvalue weighted by Gasteiger charge is 2.48. The van der Waals surface area contributed by atoms with Gasteiger partial charge in [0.05, 0.1) is 19.2 Å². The molecular weight excluding hydrogens is 462 g/mol. The summed E-state index contributed by atoms with van der Waals surface area (Å²) in [6.45, 7) is 2.74. The van der Waals surface area contributed by atoms with Crippen molar-refractivity contribution in [2.75, 3.05) is 13.7 Å². The SMILES string of the molecule is COc1ccc2cc3n(c2c1)C[C@@](C)(C(=O)NC1CCCCC1)N(CCc1ccc(Cl)cc1)C3=O. The fraction of sp³-hybridized carbons (Fsp3) is 0.429. The summed E-state index contributed by atoms with van der Waals surface area (Å²) in [6, 6.07) is 15.5. The third-order valence-corrected chi connectivity index (χ3v) is 7.86. The van der Waals surface area contributed by atoms with E-state index in [2.05, 4.69) is 5.32 Å². The zero-order chi connectivity index (χ0) is 24.6. The van der Waals surface area contributed by atoms with Gasteiger partial charge < -0.3 is 19.5 Å². The second kappa shape index (κ2) is 9.57. The lowest BCUT2D eigenvalue weighted by atomic mass is 9.91. The molecule has 6 nitrogen and oxygen atoms in total. The minimum Gasteiger partial charge on any atom is -0.497 e. The maximum absolute atomic E-state index is 13.9. The summed E-state index contributed by atoms with van der Waals surface area (Å²) in [4.78, 5) is 29.5. The van der Waals surface area contributed by atoms with Gasteiger partial charge in [0.25, 0.3) is 5.91 Å². The van der Waals surface area contributed by atoms with E-state index in [-0.39, 0.29) is 17.9 Å². The lowest BCUT2D eigenvalue weighted by molar-refractivity contribution is -0.133. The minimum atomic E-state index is -1.01. The van der Waals surface area contributed by atoms with Crippen molar-refractivity contribution >= 4 is 34.3 Å². The first kappa shape index (κ1) is 23.7. The normalized spacial score (nSPS) is 20.7. The summed E-state index contributed by atoms with van der Waals surface area (Å²) in [5.74, 6) is 0.523. The van der Waals surface area contributed by atoms with E-state index in [4.69, 9.17) is 16.3 Å². The molecule has 1 N–H and O–H groups in total. The van der Waals surface area contributed by atoms with E-state index in [9.17, 15) is 9.59 Å². The first-order valence-corrected chi connectivity index (χ1v) is 12.8. The van der Waals surface area contributed by atoms with Crippen LogP contribution in [0, 0.1) is 0 Å². The second-order valence-corrected chi connectivity index (χ2v) is 10.4. The summed E-state index contributed by atoms with van der Waals surface area (Å²) in [5, 5.41) is 4.93. The molecule has 3 aromatic rings. The molecule has 0 bridgehead atoms. The highest BCUT2D eigenvalue weighted by molar-refractivity contribution is 6.30. The standard InChI is InChI=1S/C28H32ClN3O3/c1-28(27(34)30-22-6-4-3-5-7-22)18-31-24-17-23(35-2)13-10-20(24)16-25(31)26(33)32(28)15-14-19-8-11-21(29)12-9-19/h8-13,16-17,22H,3-7,14-15,18H2,1-2H3,(H,30,34)/t28-/m0/s1. The summed E-state index contributed by atoms with van der Waals surface area (Å²) < 4.78 is 7.41. The van der Waals surface area contributed by atoms with E-state index < -0.39 is 5.54 Å². The Balaban J connectivity index is 1.50. The Hall–Kier alpha value is -2.99. The fourth-order valence-corrected chi connectivity index (χ4v) is 5.61. The molecular formula is C28H32ClN3O3. The molecule has 35 heavy (non-hydrogen) atoms. The molecule has 0 spiro atoms. The molecule has 1 aliphatic heterocycles. The Bertz CT molecular complexity index is 1250. The quantitative estimate of drug-likeness (QED) is 0.512. The van der Waals surface area contributed by atoms with E-state index in [1.165, 1.54) is 6.42 Å². The van der Waals surface area contributed by atoms with E-state index >= 15 is 0 Å². The van der Waals surface area contributed by atoms with Crippen LogP contribution < -0.4 is 10.1 Å². The maximum atomic E-state index is 13.9. The molecule has 5 rings (SSSR count). The summed E-state index contributed by atoms with van der Waals surface area (Å²) in [7, 11) is 1.63. The zero-order valence-electron chi connectivity index (χ0n) is 20.4. The van der Waals surface area contributed by atoms with Crippen LogP contribution in [-0.2, 0) is 17.8 Å². The number of nitrogens with zero attached hydrogens (tertiary/aromatic N) is 2. The highest BCUT2D eigenvalue weighted by Crippen LogP contribution is 2.34. The second-order valence-electron chi connectivity index (χ2n) is 9.96. The van der Waals surface area contributed by atoms with Gasteiger partial charge in [0.2, 0.25) is 5.91 Å². The van der Waals surface area contributed by atoms with Gasteiger partial charge in [-0.05, 0) is 62.1 Å². The molecule has 0 unspecified atom stereocenters. The summed E-state index contributed by atoms with van der Waals surface area (Å²) in [6.07, 6.45) is 6.12. The van der Waals surface area contributed by atoms with E-state index in [0.29, 0.717) is 30.2 Å². The third-order valence-electron chi connectivity index (χ3n) is 7.60. The third kappa shape index (κ3) is 4.52. The largest absolute Gasteiger partial charge is 0.497 e. The van der Waals surface area contributed by atoms with Crippen molar-refractivity contribution in [2.24, 2.45) is 0 Å². The van der Waals surface area contributed by atoms with Gasteiger partial charge in [0, 0.05) is 29.1 Å². The van der Waals surface area contributed by atoms with Crippen molar-refractivity contribution in [3.8, 4) is 5.75 Å². The van der Waals surface area contributed by atoms with Crippen LogP contribution in [0.25, 0.3) is 10.9 Å². The first-order chi connectivity index (χ1) is 16.9. The van der Waals surface area contributed by atoms with Crippen LogP contribution in [0.3, 0.4) is 0 Å². The summed E-state index contributed by atoms with van der Waals surface area (Å²) >= 11 is 6.05. The molecule has 1 saturated carbocycles.